The van der Waals surface area contributed by atoms with Crippen molar-refractivity contribution in [1.29, 1.82) is 0 Å². The number of likely N-dealkylation sites (tertiary alicyclic amines) is 2. The van der Waals surface area contributed by atoms with Gasteiger partial charge in [-0.25, -0.2) is 19.2 Å². The highest BCUT2D eigenvalue weighted by Gasteiger charge is 2.55. The number of piperidine rings is 2. The van der Waals surface area contributed by atoms with Gasteiger partial charge >= 0.3 is 24.1 Å². The number of amides is 4. The molecular weight excluding hydrogens is 861 g/mol. The van der Waals surface area contributed by atoms with Crippen LogP contribution in [-0.4, -0.2) is 121 Å². The molecule has 16 heteroatoms. The Morgan fingerprint density at radius 1 is 0.627 bits per heavy atom. The summed E-state index contributed by atoms with van der Waals surface area (Å²) in [6, 6.07) is 7.06. The van der Waals surface area contributed by atoms with Crippen LogP contribution < -0.4 is 10.6 Å². The fourth-order valence-electron chi connectivity index (χ4n) is 12.3. The number of carbonyl (C=O) groups is 8. The van der Waals surface area contributed by atoms with Gasteiger partial charge in [-0.3, -0.25) is 19.2 Å². The molecule has 8 atom stereocenters. The fourth-order valence-corrected chi connectivity index (χ4v) is 12.3. The van der Waals surface area contributed by atoms with E-state index in [0.29, 0.717) is 24.0 Å². The Kier molecular flexibility index (Phi) is 13.8. The van der Waals surface area contributed by atoms with Crippen molar-refractivity contribution < 1.29 is 57.3 Å². The van der Waals surface area contributed by atoms with Gasteiger partial charge in [-0.05, 0) is 116 Å². The summed E-state index contributed by atoms with van der Waals surface area (Å²) in [6.45, 7) is 6.28. The van der Waals surface area contributed by atoms with Crippen LogP contribution in [0.25, 0.3) is 11.1 Å². The molecule has 4 unspecified atom stereocenters. The number of rotatable bonds is 15. The summed E-state index contributed by atoms with van der Waals surface area (Å²) < 4.78 is 20.9. The number of nitrogens with zero attached hydrogens (tertiary/aromatic N) is 2. The molecule has 2 N–H and O–H groups in total. The van der Waals surface area contributed by atoms with E-state index in [1.54, 1.807) is 41.8 Å². The van der Waals surface area contributed by atoms with Crippen molar-refractivity contribution in [3.8, 4) is 11.1 Å². The zero-order chi connectivity index (χ0) is 47.9. The van der Waals surface area contributed by atoms with Crippen molar-refractivity contribution in [3.63, 3.8) is 0 Å². The summed E-state index contributed by atoms with van der Waals surface area (Å²) in [5.74, 6) is -3.42. The van der Waals surface area contributed by atoms with Gasteiger partial charge < -0.3 is 39.4 Å². The molecule has 4 aliphatic carbocycles. The fraction of sp³-hybridized carbons (Fsp3) is 0.608. The van der Waals surface area contributed by atoms with E-state index < -0.39 is 67.3 Å². The number of methoxy groups -OCH3 is 2. The largest absolute Gasteiger partial charge is 0.456 e. The van der Waals surface area contributed by atoms with Crippen LogP contribution in [0.1, 0.15) is 124 Å². The van der Waals surface area contributed by atoms with Crippen LogP contribution in [0.2, 0.25) is 0 Å². The molecule has 67 heavy (non-hydrogen) atoms. The monoisotopic (exact) mass is 924 g/mol. The minimum Gasteiger partial charge on any atom is -0.456 e. The van der Waals surface area contributed by atoms with E-state index in [4.69, 9.17) is 18.9 Å². The molecule has 2 aliphatic heterocycles. The predicted molar refractivity (Wildman–Crippen MR) is 243 cm³/mol. The highest BCUT2D eigenvalue weighted by molar-refractivity contribution is 6.02. The molecule has 6 aliphatic rings. The SMILES string of the molecule is COC(=O)N[C@H](C(=O)N1C2CCC(C2)C1C(=O)OCC(=O)c1ccc(-c2ccc(C(=O)COC(=O)C3[C@H]4CC[C@H](C4)N3C(=O)[C@@H](NC(=O)OC)C(C)C)c3c2CC2(CCCC2)C3)cc1)C(C)C. The molecule has 360 valence electrons. The molecule has 2 heterocycles. The Bertz CT molecular complexity index is 2300. The maximum absolute atomic E-state index is 14.1. The molecule has 8 rings (SSSR count). The number of hydrogen-bond donors (Lipinski definition) is 2. The molecule has 4 amide bonds. The third-order valence-corrected chi connectivity index (χ3v) is 15.7. The third-order valence-electron chi connectivity index (χ3n) is 15.7. The molecule has 5 fully saturated rings. The number of fused-ring (bicyclic) bond motifs is 5. The first-order valence-electron chi connectivity index (χ1n) is 24.0. The second-order valence-electron chi connectivity index (χ2n) is 20.4. The number of carbonyl (C=O) groups excluding carboxylic acids is 8. The molecule has 4 bridgehead atoms. The lowest BCUT2D eigenvalue weighted by atomic mass is 9.82. The lowest BCUT2D eigenvalue weighted by Crippen LogP contribution is -2.58. The van der Waals surface area contributed by atoms with Crippen LogP contribution in [0.3, 0.4) is 0 Å². The molecule has 2 saturated heterocycles. The second kappa shape index (κ2) is 19.4. The normalized spacial score (nSPS) is 25.0. The minimum atomic E-state index is -0.889. The van der Waals surface area contributed by atoms with E-state index in [1.165, 1.54) is 14.2 Å². The van der Waals surface area contributed by atoms with E-state index in [-0.39, 0.29) is 58.8 Å². The van der Waals surface area contributed by atoms with Gasteiger partial charge in [-0.2, -0.15) is 0 Å². The molecule has 1 spiro atoms. The number of alkyl carbamates (subject to hydrolysis) is 2. The Morgan fingerprint density at radius 3 is 1.58 bits per heavy atom. The molecule has 0 radical (unpaired) electrons. The second-order valence-corrected chi connectivity index (χ2v) is 20.4. The standard InChI is InChI=1S/C51H64N4O12/c1-27(2)41(52-49(62)64-5)45(58)54-33-15-13-31(21-33)43(54)47(60)66-25-39(56)30-11-9-29(10-12-30)35-17-18-36(38-24-51(23-37(35)38)19-7-8-20-51)40(57)26-67-48(61)44-32-14-16-34(22-32)55(44)46(59)42(28(3)4)53-50(63)65-6/h9-12,17-18,27-28,31-34,41-44H,7-8,13-16,19-26H2,1-6H3,(H,52,62)(H,53,63)/t31?,32-,33?,34+,41-,42-,43?,44?/m0/s1. The summed E-state index contributed by atoms with van der Waals surface area (Å²) >= 11 is 0. The highest BCUT2D eigenvalue weighted by Crippen LogP contribution is 2.52. The Labute approximate surface area is 391 Å². The lowest BCUT2D eigenvalue weighted by Gasteiger charge is -2.37. The van der Waals surface area contributed by atoms with E-state index in [2.05, 4.69) is 10.6 Å². The number of hydrogen-bond acceptors (Lipinski definition) is 12. The smallest absolute Gasteiger partial charge is 0.407 e. The Morgan fingerprint density at radius 2 is 1.10 bits per heavy atom. The number of ether oxygens (including phenoxy) is 4. The predicted octanol–water partition coefficient (Wildman–Crippen LogP) is 5.98. The van der Waals surface area contributed by atoms with Crippen LogP contribution in [-0.2, 0) is 51.0 Å². The molecule has 3 saturated carbocycles. The quantitative estimate of drug-likeness (QED) is 0.120. The van der Waals surface area contributed by atoms with Crippen molar-refractivity contribution >= 4 is 47.5 Å². The van der Waals surface area contributed by atoms with Crippen LogP contribution in [0, 0.1) is 29.1 Å². The number of benzene rings is 2. The van der Waals surface area contributed by atoms with Crippen molar-refractivity contribution in [2.45, 2.75) is 141 Å². The Hall–Kier alpha value is -5.80. The zero-order valence-corrected chi connectivity index (χ0v) is 39.4. The highest BCUT2D eigenvalue weighted by atomic mass is 16.6. The summed E-state index contributed by atoms with van der Waals surface area (Å²) in [5.41, 5.74) is 4.74. The van der Waals surface area contributed by atoms with Crippen molar-refractivity contribution in [2.24, 2.45) is 29.1 Å². The van der Waals surface area contributed by atoms with E-state index >= 15 is 0 Å². The van der Waals surface area contributed by atoms with Gasteiger partial charge in [-0.1, -0.05) is 76.9 Å². The van der Waals surface area contributed by atoms with E-state index in [0.717, 1.165) is 86.5 Å². The van der Waals surface area contributed by atoms with E-state index in [9.17, 15) is 38.4 Å². The first-order valence-corrected chi connectivity index (χ1v) is 24.0. The number of esters is 2. The molecule has 0 aromatic heterocycles. The molecule has 2 aromatic carbocycles. The Balaban J connectivity index is 0.936. The van der Waals surface area contributed by atoms with Crippen LogP contribution in [0.5, 0.6) is 0 Å². The van der Waals surface area contributed by atoms with Gasteiger partial charge in [0.1, 0.15) is 24.2 Å². The number of ketones is 2. The number of nitrogens with one attached hydrogen (secondary N) is 2. The summed E-state index contributed by atoms with van der Waals surface area (Å²) in [4.78, 5) is 110. The van der Waals surface area contributed by atoms with Gasteiger partial charge in [0, 0.05) is 23.2 Å². The zero-order valence-electron chi connectivity index (χ0n) is 39.4. The van der Waals surface area contributed by atoms with Gasteiger partial charge in [0.2, 0.25) is 17.6 Å². The van der Waals surface area contributed by atoms with Gasteiger partial charge in [-0.15, -0.1) is 0 Å². The average molecular weight is 925 g/mol. The van der Waals surface area contributed by atoms with E-state index in [1.807, 2.05) is 32.0 Å². The maximum Gasteiger partial charge on any atom is 0.407 e. The van der Waals surface area contributed by atoms with Gasteiger partial charge in [0.15, 0.2) is 19.0 Å². The van der Waals surface area contributed by atoms with Crippen molar-refractivity contribution in [1.82, 2.24) is 20.4 Å². The topological polar surface area (TPSA) is 204 Å². The molecule has 16 nitrogen and oxygen atoms in total. The maximum atomic E-state index is 14.1. The van der Waals surface area contributed by atoms with Crippen LogP contribution >= 0.6 is 0 Å². The van der Waals surface area contributed by atoms with Crippen LogP contribution in [0.15, 0.2) is 36.4 Å². The molecule has 2 aromatic rings. The van der Waals surface area contributed by atoms with Crippen molar-refractivity contribution in [2.75, 3.05) is 27.4 Å². The molecular formula is C51H64N4O12. The minimum absolute atomic E-state index is 0.0334. The first kappa shape index (κ1) is 47.7. The summed E-state index contributed by atoms with van der Waals surface area (Å²) in [7, 11) is 2.45. The van der Waals surface area contributed by atoms with Gasteiger partial charge in [0.05, 0.1) is 14.2 Å². The van der Waals surface area contributed by atoms with Crippen molar-refractivity contribution in [3.05, 3.63) is 58.7 Å². The van der Waals surface area contributed by atoms with Crippen LogP contribution in [0.4, 0.5) is 9.59 Å². The average Bonchev–Trinajstić information content (AvgIpc) is 4.21. The first-order chi connectivity index (χ1) is 32.0. The number of Topliss-reactive ketones (excluding diaryl/α,β-unsaturated/α-hetero) is 2. The van der Waals surface area contributed by atoms with Gasteiger partial charge in [0.25, 0.3) is 0 Å². The third kappa shape index (κ3) is 9.28. The lowest BCUT2D eigenvalue weighted by molar-refractivity contribution is -0.157. The summed E-state index contributed by atoms with van der Waals surface area (Å²) in [5, 5.41) is 5.23. The summed E-state index contributed by atoms with van der Waals surface area (Å²) in [6.07, 6.45) is 8.71.